The summed E-state index contributed by atoms with van der Waals surface area (Å²) in [5.41, 5.74) is 0. The first-order valence-electron chi connectivity index (χ1n) is 3.13. The Labute approximate surface area is 55.2 Å². The van der Waals surface area contributed by atoms with Crippen LogP contribution < -0.4 is 0 Å². The summed E-state index contributed by atoms with van der Waals surface area (Å²) in [6.45, 7) is 0.923. The fourth-order valence-electron chi connectivity index (χ4n) is 1.07. The van der Waals surface area contributed by atoms with Gasteiger partial charge < -0.3 is 4.90 Å². The Morgan fingerprint density at radius 1 is 1.67 bits per heavy atom. The number of amides is 1. The van der Waals surface area contributed by atoms with Crippen LogP contribution in [0.3, 0.4) is 0 Å². The molecule has 0 bridgehead atoms. The number of likely N-dealkylation sites (tertiary alicyclic amines) is 1. The first kappa shape index (κ1) is 6.55. The Morgan fingerprint density at radius 3 is 2.44 bits per heavy atom. The molecule has 1 rings (SSSR count). The first-order chi connectivity index (χ1) is 4.25. The average molecular weight is 128 g/mol. The monoisotopic (exact) mass is 128 g/mol. The lowest BCUT2D eigenvalue weighted by atomic mass is 10.1. The third kappa shape index (κ3) is 1.05. The van der Waals surface area contributed by atoms with E-state index in [4.69, 9.17) is 0 Å². The number of nitrogens with zero attached hydrogens (tertiary/aromatic N) is 2. The SMILES string of the molecule is CN(C)C1CCN1C=O. The van der Waals surface area contributed by atoms with Crippen LogP contribution in [-0.2, 0) is 4.79 Å². The highest BCUT2D eigenvalue weighted by Gasteiger charge is 2.27. The number of carbonyl (C=O) groups is 1. The molecule has 0 N–H and O–H groups in total. The summed E-state index contributed by atoms with van der Waals surface area (Å²) in [5.74, 6) is 0. The Kier molecular flexibility index (Phi) is 1.71. The van der Waals surface area contributed by atoms with Gasteiger partial charge >= 0.3 is 0 Å². The quantitative estimate of drug-likeness (QED) is 0.478. The maximum absolute atomic E-state index is 10.2. The molecule has 0 aromatic heterocycles. The van der Waals surface area contributed by atoms with Crippen molar-refractivity contribution in [2.45, 2.75) is 12.6 Å². The zero-order valence-electron chi connectivity index (χ0n) is 5.87. The van der Waals surface area contributed by atoms with Gasteiger partial charge in [0, 0.05) is 6.54 Å². The third-order valence-corrected chi connectivity index (χ3v) is 1.76. The van der Waals surface area contributed by atoms with Gasteiger partial charge in [-0.15, -0.1) is 0 Å². The van der Waals surface area contributed by atoms with Crippen molar-refractivity contribution in [2.24, 2.45) is 0 Å². The van der Waals surface area contributed by atoms with Gasteiger partial charge in [0.1, 0.15) is 0 Å². The first-order valence-corrected chi connectivity index (χ1v) is 3.13. The molecule has 0 aliphatic carbocycles. The van der Waals surface area contributed by atoms with Gasteiger partial charge in [-0.1, -0.05) is 0 Å². The highest BCUT2D eigenvalue weighted by Crippen LogP contribution is 2.15. The second-order valence-electron chi connectivity index (χ2n) is 2.58. The van der Waals surface area contributed by atoms with Crippen molar-refractivity contribution in [3.05, 3.63) is 0 Å². The zero-order chi connectivity index (χ0) is 6.85. The molecular formula is C6H12N2O. The molecule has 3 nitrogen and oxygen atoms in total. The summed E-state index contributed by atoms with van der Waals surface area (Å²) in [5, 5.41) is 0. The number of carbonyl (C=O) groups excluding carboxylic acids is 1. The topological polar surface area (TPSA) is 23.6 Å². The molecule has 1 atom stereocenters. The Morgan fingerprint density at radius 2 is 2.33 bits per heavy atom. The summed E-state index contributed by atoms with van der Waals surface area (Å²) in [7, 11) is 3.97. The molecule has 1 heterocycles. The van der Waals surface area contributed by atoms with E-state index in [0.717, 1.165) is 19.4 Å². The average Bonchev–Trinajstić information content (AvgIpc) is 1.61. The van der Waals surface area contributed by atoms with Crippen LogP contribution in [0, 0.1) is 0 Å². The van der Waals surface area contributed by atoms with Crippen LogP contribution in [-0.4, -0.2) is 43.0 Å². The fraction of sp³-hybridized carbons (Fsp3) is 0.833. The van der Waals surface area contributed by atoms with E-state index in [9.17, 15) is 4.79 Å². The van der Waals surface area contributed by atoms with E-state index >= 15 is 0 Å². The third-order valence-electron chi connectivity index (χ3n) is 1.76. The lowest BCUT2D eigenvalue weighted by Gasteiger charge is -2.42. The van der Waals surface area contributed by atoms with Crippen molar-refractivity contribution in [3.63, 3.8) is 0 Å². The smallest absolute Gasteiger partial charge is 0.210 e. The van der Waals surface area contributed by atoms with E-state index in [1.54, 1.807) is 4.90 Å². The summed E-state index contributed by atoms with van der Waals surface area (Å²) in [6.07, 6.45) is 2.39. The van der Waals surface area contributed by atoms with Gasteiger partial charge in [-0.05, 0) is 20.5 Å². The van der Waals surface area contributed by atoms with E-state index in [2.05, 4.69) is 4.90 Å². The molecular weight excluding hydrogens is 116 g/mol. The summed E-state index contributed by atoms with van der Waals surface area (Å²) in [6, 6.07) is 0. The molecule has 1 amide bonds. The Hall–Kier alpha value is -0.570. The van der Waals surface area contributed by atoms with Crippen molar-refractivity contribution in [2.75, 3.05) is 20.6 Å². The molecule has 1 aliphatic heterocycles. The van der Waals surface area contributed by atoms with Gasteiger partial charge in [0.05, 0.1) is 6.17 Å². The molecule has 9 heavy (non-hydrogen) atoms. The van der Waals surface area contributed by atoms with E-state index in [1.807, 2.05) is 14.1 Å². The Balaban J connectivity index is 2.35. The number of hydrogen-bond donors (Lipinski definition) is 0. The summed E-state index contributed by atoms with van der Waals surface area (Å²) >= 11 is 0. The molecule has 0 aromatic carbocycles. The van der Waals surface area contributed by atoms with Crippen molar-refractivity contribution in [1.82, 2.24) is 9.80 Å². The van der Waals surface area contributed by atoms with Gasteiger partial charge in [-0.2, -0.15) is 0 Å². The second kappa shape index (κ2) is 2.35. The molecule has 1 unspecified atom stereocenters. The molecule has 1 aliphatic rings. The molecule has 3 heteroatoms. The molecule has 0 aromatic rings. The Bertz CT molecular complexity index is 114. The molecule has 1 saturated heterocycles. The predicted octanol–water partition coefficient (Wildman–Crippen LogP) is -0.264. The van der Waals surface area contributed by atoms with Crippen LogP contribution in [0.1, 0.15) is 6.42 Å². The van der Waals surface area contributed by atoms with Crippen molar-refractivity contribution in [1.29, 1.82) is 0 Å². The van der Waals surface area contributed by atoms with Crippen LogP contribution >= 0.6 is 0 Å². The van der Waals surface area contributed by atoms with Gasteiger partial charge in [-0.25, -0.2) is 0 Å². The largest absolute Gasteiger partial charge is 0.329 e. The van der Waals surface area contributed by atoms with Gasteiger partial charge in [-0.3, -0.25) is 9.69 Å². The lowest BCUT2D eigenvalue weighted by molar-refractivity contribution is -0.130. The minimum atomic E-state index is 0.363. The van der Waals surface area contributed by atoms with E-state index < -0.39 is 0 Å². The number of rotatable bonds is 2. The van der Waals surface area contributed by atoms with Crippen LogP contribution in [0.4, 0.5) is 0 Å². The molecule has 0 spiro atoms. The predicted molar refractivity (Wildman–Crippen MR) is 34.9 cm³/mol. The summed E-state index contributed by atoms with van der Waals surface area (Å²) < 4.78 is 0. The van der Waals surface area contributed by atoms with Crippen LogP contribution in [0.25, 0.3) is 0 Å². The standard InChI is InChI=1S/C6H12N2O/c1-7(2)6-3-4-8(6)5-9/h5-6H,3-4H2,1-2H3. The maximum atomic E-state index is 10.2. The fourth-order valence-corrected chi connectivity index (χ4v) is 1.07. The van der Waals surface area contributed by atoms with Crippen molar-refractivity contribution < 1.29 is 4.79 Å². The van der Waals surface area contributed by atoms with Crippen LogP contribution in [0.5, 0.6) is 0 Å². The lowest BCUT2D eigenvalue weighted by Crippen LogP contribution is -2.54. The zero-order valence-corrected chi connectivity index (χ0v) is 5.87. The van der Waals surface area contributed by atoms with Crippen molar-refractivity contribution >= 4 is 6.41 Å². The molecule has 1 fully saturated rings. The van der Waals surface area contributed by atoms with Crippen LogP contribution in [0.15, 0.2) is 0 Å². The highest BCUT2D eigenvalue weighted by molar-refractivity contribution is 5.49. The van der Waals surface area contributed by atoms with Crippen LogP contribution in [0.2, 0.25) is 0 Å². The molecule has 0 radical (unpaired) electrons. The van der Waals surface area contributed by atoms with E-state index in [1.165, 1.54) is 0 Å². The minimum Gasteiger partial charge on any atom is -0.329 e. The minimum absolute atomic E-state index is 0.363. The normalized spacial score (nSPS) is 26.1. The maximum Gasteiger partial charge on any atom is 0.210 e. The van der Waals surface area contributed by atoms with Gasteiger partial charge in [0.25, 0.3) is 0 Å². The summed E-state index contributed by atoms with van der Waals surface area (Å²) in [4.78, 5) is 14.0. The molecule has 52 valence electrons. The van der Waals surface area contributed by atoms with Gasteiger partial charge in [0.15, 0.2) is 0 Å². The van der Waals surface area contributed by atoms with Crippen molar-refractivity contribution in [3.8, 4) is 0 Å². The van der Waals surface area contributed by atoms with E-state index in [0.29, 0.717) is 6.17 Å². The second-order valence-corrected chi connectivity index (χ2v) is 2.58. The van der Waals surface area contributed by atoms with E-state index in [-0.39, 0.29) is 0 Å². The van der Waals surface area contributed by atoms with Gasteiger partial charge in [0.2, 0.25) is 6.41 Å². The highest BCUT2D eigenvalue weighted by atomic mass is 16.1. The number of hydrogen-bond acceptors (Lipinski definition) is 2. The molecule has 0 saturated carbocycles.